The summed E-state index contributed by atoms with van der Waals surface area (Å²) in [4.78, 5) is 21.2. The smallest absolute Gasteiger partial charge is 0.264 e. The number of thiophene rings is 1. The van der Waals surface area contributed by atoms with Crippen LogP contribution in [0.15, 0.2) is 35.2 Å². The Labute approximate surface area is 170 Å². The van der Waals surface area contributed by atoms with Gasteiger partial charge in [-0.1, -0.05) is 44.4 Å². The summed E-state index contributed by atoms with van der Waals surface area (Å²) in [7, 11) is 0. The molecule has 2 aliphatic rings. The van der Waals surface area contributed by atoms with Gasteiger partial charge in [0.2, 0.25) is 0 Å². The fraction of sp³-hybridized carbons (Fsp3) is 0.500. The Morgan fingerprint density at radius 2 is 1.89 bits per heavy atom. The van der Waals surface area contributed by atoms with Crippen molar-refractivity contribution in [3.8, 4) is 10.4 Å². The number of carbonyl (C=O) groups is 1. The third-order valence-electron chi connectivity index (χ3n) is 5.52. The predicted octanol–water partition coefficient (Wildman–Crippen LogP) is 5.36. The zero-order valence-electron chi connectivity index (χ0n) is 16.1. The molecule has 0 spiro atoms. The van der Waals surface area contributed by atoms with Crippen LogP contribution >= 0.6 is 23.1 Å². The number of hydrogen-bond donors (Lipinski definition) is 0. The Balaban J connectivity index is 1.37. The van der Waals surface area contributed by atoms with E-state index in [0.717, 1.165) is 36.8 Å². The first-order chi connectivity index (χ1) is 13.3. The van der Waals surface area contributed by atoms with E-state index >= 15 is 0 Å². The van der Waals surface area contributed by atoms with E-state index in [4.69, 9.17) is 0 Å². The van der Waals surface area contributed by atoms with E-state index in [-0.39, 0.29) is 5.91 Å². The lowest BCUT2D eigenvalue weighted by atomic mass is 10.1. The SMILES string of the molecule is CCCCCCN1CCN(C(=O)c2cc3c(s2)-c2ccccc2SC3)CC1. The number of thioether (sulfide) groups is 1. The lowest BCUT2D eigenvalue weighted by molar-refractivity contribution is 0.0640. The number of amides is 1. The van der Waals surface area contributed by atoms with Crippen molar-refractivity contribution in [3.63, 3.8) is 0 Å². The van der Waals surface area contributed by atoms with Gasteiger partial charge in [-0.2, -0.15) is 0 Å². The number of benzene rings is 1. The van der Waals surface area contributed by atoms with Gasteiger partial charge in [0.15, 0.2) is 0 Å². The molecule has 0 radical (unpaired) electrons. The lowest BCUT2D eigenvalue weighted by Crippen LogP contribution is -2.48. The Hall–Kier alpha value is -1.30. The molecule has 0 unspecified atom stereocenters. The topological polar surface area (TPSA) is 23.6 Å². The molecule has 1 saturated heterocycles. The third-order valence-corrected chi connectivity index (χ3v) is 7.84. The minimum Gasteiger partial charge on any atom is -0.335 e. The van der Waals surface area contributed by atoms with Gasteiger partial charge in [0.25, 0.3) is 5.91 Å². The van der Waals surface area contributed by atoms with Crippen molar-refractivity contribution in [1.29, 1.82) is 0 Å². The van der Waals surface area contributed by atoms with Crippen LogP contribution in [-0.4, -0.2) is 48.4 Å². The van der Waals surface area contributed by atoms with E-state index in [1.54, 1.807) is 11.3 Å². The molecular weight excluding hydrogens is 372 g/mol. The van der Waals surface area contributed by atoms with Gasteiger partial charge in [-0.15, -0.1) is 23.1 Å². The summed E-state index contributed by atoms with van der Waals surface area (Å²) in [5.74, 6) is 1.20. The summed E-state index contributed by atoms with van der Waals surface area (Å²) >= 11 is 3.56. The molecule has 0 aliphatic carbocycles. The number of hydrogen-bond acceptors (Lipinski definition) is 4. The summed E-state index contributed by atoms with van der Waals surface area (Å²) in [6, 6.07) is 10.7. The molecule has 27 heavy (non-hydrogen) atoms. The van der Waals surface area contributed by atoms with Gasteiger partial charge in [-0.3, -0.25) is 9.69 Å². The molecule has 2 aliphatic heterocycles. The van der Waals surface area contributed by atoms with Gasteiger partial charge in [-0.05, 0) is 30.7 Å². The Morgan fingerprint density at radius 3 is 2.70 bits per heavy atom. The predicted molar refractivity (Wildman–Crippen MR) is 116 cm³/mol. The normalized spacial score (nSPS) is 16.9. The molecule has 4 rings (SSSR count). The highest BCUT2D eigenvalue weighted by molar-refractivity contribution is 7.98. The van der Waals surface area contributed by atoms with Crippen molar-refractivity contribution in [1.82, 2.24) is 9.80 Å². The van der Waals surface area contributed by atoms with Crippen LogP contribution in [0.4, 0.5) is 0 Å². The van der Waals surface area contributed by atoms with E-state index < -0.39 is 0 Å². The summed E-state index contributed by atoms with van der Waals surface area (Å²) in [6.07, 6.45) is 5.24. The van der Waals surface area contributed by atoms with Gasteiger partial charge in [0.1, 0.15) is 0 Å². The fourth-order valence-corrected chi connectivity index (χ4v) is 6.28. The molecule has 0 atom stereocenters. The van der Waals surface area contributed by atoms with Crippen molar-refractivity contribution in [2.45, 2.75) is 43.3 Å². The lowest BCUT2D eigenvalue weighted by Gasteiger charge is -2.34. The zero-order chi connectivity index (χ0) is 18.6. The highest BCUT2D eigenvalue weighted by Gasteiger charge is 2.26. The molecule has 1 aromatic heterocycles. The zero-order valence-corrected chi connectivity index (χ0v) is 17.7. The standard InChI is InChI=1S/C22H28N2OS2/c1-2-3-4-7-10-23-11-13-24(14-12-23)22(25)20-15-17-16-26-19-9-6-5-8-18(19)21(17)27-20/h5-6,8-9,15H,2-4,7,10-14,16H2,1H3. The Morgan fingerprint density at radius 1 is 1.07 bits per heavy atom. The van der Waals surface area contributed by atoms with Crippen LogP contribution in [0.3, 0.4) is 0 Å². The molecule has 0 N–H and O–H groups in total. The minimum atomic E-state index is 0.225. The minimum absolute atomic E-state index is 0.225. The summed E-state index contributed by atoms with van der Waals surface area (Å²) in [6.45, 7) is 7.19. The molecule has 2 aromatic rings. The van der Waals surface area contributed by atoms with E-state index in [9.17, 15) is 4.79 Å². The second-order valence-corrected chi connectivity index (χ2v) is 9.51. The van der Waals surface area contributed by atoms with E-state index in [2.05, 4.69) is 47.1 Å². The monoisotopic (exact) mass is 400 g/mol. The second kappa shape index (κ2) is 8.80. The van der Waals surface area contributed by atoms with Crippen molar-refractivity contribution in [2.24, 2.45) is 0 Å². The van der Waals surface area contributed by atoms with Crippen molar-refractivity contribution >= 4 is 29.0 Å². The van der Waals surface area contributed by atoms with Crippen LogP contribution in [0.2, 0.25) is 0 Å². The number of carbonyl (C=O) groups excluding carboxylic acids is 1. The number of piperazine rings is 1. The second-order valence-electron chi connectivity index (χ2n) is 7.44. The van der Waals surface area contributed by atoms with Gasteiger partial charge < -0.3 is 4.90 Å². The van der Waals surface area contributed by atoms with E-state index in [0.29, 0.717) is 0 Å². The fourth-order valence-electron chi connectivity index (χ4n) is 3.90. The molecule has 5 heteroatoms. The van der Waals surface area contributed by atoms with Crippen LogP contribution in [-0.2, 0) is 5.75 Å². The molecule has 3 nitrogen and oxygen atoms in total. The molecule has 1 fully saturated rings. The van der Waals surface area contributed by atoms with Crippen LogP contribution in [0.5, 0.6) is 0 Å². The molecular formula is C22H28N2OS2. The average molecular weight is 401 g/mol. The average Bonchev–Trinajstić information content (AvgIpc) is 3.16. The molecule has 1 aromatic carbocycles. The van der Waals surface area contributed by atoms with E-state index in [1.807, 2.05) is 11.8 Å². The highest BCUT2D eigenvalue weighted by Crippen LogP contribution is 2.45. The maximum Gasteiger partial charge on any atom is 0.264 e. The van der Waals surface area contributed by atoms with Gasteiger partial charge in [0.05, 0.1) is 4.88 Å². The Bertz CT molecular complexity index is 793. The molecule has 3 heterocycles. The molecule has 0 bridgehead atoms. The quantitative estimate of drug-likeness (QED) is 0.610. The van der Waals surface area contributed by atoms with Gasteiger partial charge in [-0.25, -0.2) is 0 Å². The first-order valence-corrected chi connectivity index (χ1v) is 11.9. The summed E-state index contributed by atoms with van der Waals surface area (Å²) < 4.78 is 0. The number of rotatable bonds is 6. The maximum atomic E-state index is 13.0. The number of fused-ring (bicyclic) bond motifs is 3. The molecule has 0 saturated carbocycles. The van der Waals surface area contributed by atoms with Gasteiger partial charge in [0, 0.05) is 47.3 Å². The molecule has 1 amide bonds. The van der Waals surface area contributed by atoms with Crippen molar-refractivity contribution in [2.75, 3.05) is 32.7 Å². The Kier molecular flexibility index (Phi) is 6.21. The first-order valence-electron chi connectivity index (χ1n) is 10.1. The van der Waals surface area contributed by atoms with Gasteiger partial charge >= 0.3 is 0 Å². The number of nitrogens with zero attached hydrogens (tertiary/aromatic N) is 2. The largest absolute Gasteiger partial charge is 0.335 e. The molecule has 144 valence electrons. The van der Waals surface area contributed by atoms with Crippen molar-refractivity contribution < 1.29 is 4.79 Å². The first kappa shape index (κ1) is 19.0. The van der Waals surface area contributed by atoms with Crippen LogP contribution in [0.25, 0.3) is 10.4 Å². The third kappa shape index (κ3) is 4.25. The summed E-state index contributed by atoms with van der Waals surface area (Å²) in [5.41, 5.74) is 2.62. The van der Waals surface area contributed by atoms with Crippen LogP contribution in [0, 0.1) is 0 Å². The van der Waals surface area contributed by atoms with Crippen LogP contribution < -0.4 is 0 Å². The maximum absolute atomic E-state index is 13.0. The summed E-state index contributed by atoms with van der Waals surface area (Å²) in [5, 5.41) is 0. The van der Waals surface area contributed by atoms with E-state index in [1.165, 1.54) is 53.1 Å². The van der Waals surface area contributed by atoms with Crippen molar-refractivity contribution in [3.05, 3.63) is 40.8 Å². The highest BCUT2D eigenvalue weighted by atomic mass is 32.2. The van der Waals surface area contributed by atoms with Crippen LogP contribution in [0.1, 0.15) is 47.8 Å². The number of unbranched alkanes of at least 4 members (excludes halogenated alkanes) is 3.